The zero-order valence-corrected chi connectivity index (χ0v) is 78.4. The molecule has 4 aromatic carbocycles. The van der Waals surface area contributed by atoms with Gasteiger partial charge in [-0.3, -0.25) is 4.98 Å². The Morgan fingerprint density at radius 2 is 0.496 bits per heavy atom. The molecule has 25 heteroatoms. The molecule has 6 aliphatic heterocycles. The number of aromatic nitrogens is 14. The van der Waals surface area contributed by atoms with Gasteiger partial charge in [0.2, 0.25) is 5.95 Å². The molecule has 0 radical (unpaired) electrons. The highest BCUT2D eigenvalue weighted by Crippen LogP contribution is 2.55. The smallest absolute Gasteiger partial charge is 0.213 e. The molecule has 0 N–H and O–H groups in total. The second kappa shape index (κ2) is 38.6. The molecule has 6 aliphatic carbocycles. The largest absolute Gasteiger partial charge is 0.323 e. The van der Waals surface area contributed by atoms with Gasteiger partial charge in [-0.05, 0) is 239 Å². The first-order chi connectivity index (χ1) is 65.1. The first-order valence-corrected chi connectivity index (χ1v) is 50.1. The maximum absolute atomic E-state index is 15.2. The van der Waals surface area contributed by atoms with Crippen LogP contribution in [0.2, 0.25) is 0 Å². The summed E-state index contributed by atoms with van der Waals surface area (Å²) in [5.41, 5.74) is 10.2. The monoisotopic (exact) mass is 1850 g/mol. The maximum Gasteiger partial charge on any atom is 0.213 e. The molecule has 24 rings (SSSR count). The predicted molar refractivity (Wildman–Crippen MR) is 505 cm³/mol. The highest BCUT2D eigenvalue weighted by molar-refractivity contribution is 5.73. The predicted octanol–water partition coefficient (Wildman–Crippen LogP) is 30.2. The molecule has 0 bridgehead atoms. The fraction of sp³-hybridized carbons (Fsp3) is 0.527. The molecule has 12 aliphatic rings. The lowest BCUT2D eigenvalue weighted by Gasteiger charge is -2.39. The summed E-state index contributed by atoms with van der Waals surface area (Å²) in [5, 5.41) is 0. The van der Waals surface area contributed by atoms with E-state index in [1.54, 1.807) is 93.0 Å². The summed E-state index contributed by atoms with van der Waals surface area (Å²) >= 11 is 0. The molecule has 6 fully saturated rings. The van der Waals surface area contributed by atoms with E-state index in [2.05, 4.69) is 78.2 Å². The second-order valence-corrected chi connectivity index (χ2v) is 42.7. The van der Waals surface area contributed by atoms with Crippen molar-refractivity contribution < 1.29 is 48.3 Å². The highest BCUT2D eigenvalue weighted by atomic mass is 19.2. The van der Waals surface area contributed by atoms with Crippen LogP contribution in [0.5, 0.6) is 0 Å². The van der Waals surface area contributed by atoms with Crippen molar-refractivity contribution in [3.8, 4) is 67.5 Å². The minimum absolute atomic E-state index is 0.0993. The van der Waals surface area contributed by atoms with Crippen LogP contribution in [0.4, 0.5) is 48.3 Å². The van der Waals surface area contributed by atoms with Crippen LogP contribution in [0.25, 0.3) is 67.5 Å². The van der Waals surface area contributed by atoms with E-state index in [9.17, 15) is 39.5 Å². The molecule has 0 saturated heterocycles. The molecular weight excluding hydrogens is 1730 g/mol. The van der Waals surface area contributed by atoms with Crippen molar-refractivity contribution in [2.45, 2.75) is 355 Å². The quantitative estimate of drug-likeness (QED) is 0.0613. The number of alkyl halides is 6. The van der Waals surface area contributed by atoms with Crippen LogP contribution < -0.4 is 0 Å². The number of rotatable bonds is 18. The minimum Gasteiger partial charge on any atom is -0.323 e. The average molecular weight is 1850 g/mol. The van der Waals surface area contributed by atoms with Crippen LogP contribution in [0.15, 0.2) is 178 Å². The third kappa shape index (κ3) is 19.6. The number of hydrogen-bond donors (Lipinski definition) is 0. The van der Waals surface area contributed by atoms with Crippen molar-refractivity contribution in [1.29, 1.82) is 0 Å². The van der Waals surface area contributed by atoms with E-state index in [-0.39, 0.29) is 70.3 Å². The summed E-state index contributed by atoms with van der Waals surface area (Å²) in [7, 11) is 0. The second-order valence-electron chi connectivity index (χ2n) is 42.7. The molecule has 135 heavy (non-hydrogen) atoms. The first-order valence-electron chi connectivity index (χ1n) is 50.1. The zero-order chi connectivity index (χ0) is 93.7. The standard InChI is InChI=1S/2C20H24F2N2.2C18H20F2N2.C17H19F2N3.C17H20FN3/c2*1-19(2)8-10-20(22,11-9-19)7-6-16-18-14(4-3-5-15(18)21)17-12-23-13-24(16)17;2*19-14-6-4-5-13-16-11-21-12-22(16)15(17(13)14)7-10-18(20)8-2-1-3-9-18;18-15-5-4-12-14-10-20-11-22(14)13(16(12)21-15)6-9-17(19)7-2-1-3-8-17;18-17(7-2-1-3-8-17)9-6-14-16-13(5-4-10-20-16)15-11-19-12-21(14)15/h2*3-5,12-13,16H,6-11H2,1-2H3;2*4-6,11-12,15H,1-3,7-10H2;4-5,10-11,13H,1-3,6-9H2;4-5,10-12,14H,1-3,6-9H2. The Kier molecular flexibility index (Phi) is 26.8. The van der Waals surface area contributed by atoms with Gasteiger partial charge in [0.15, 0.2) is 0 Å². The molecule has 6 saturated carbocycles. The molecular formula is C110H127F11N14. The van der Waals surface area contributed by atoms with Crippen LogP contribution in [0.3, 0.4) is 0 Å². The first kappa shape index (κ1) is 93.7. The van der Waals surface area contributed by atoms with E-state index in [1.807, 2.05) is 71.9 Å². The number of pyridine rings is 2. The molecule has 12 aromatic rings. The van der Waals surface area contributed by atoms with Gasteiger partial charge in [0, 0.05) is 61.8 Å². The van der Waals surface area contributed by atoms with Gasteiger partial charge in [-0.2, -0.15) is 4.39 Å². The summed E-state index contributed by atoms with van der Waals surface area (Å²) in [6, 6.07) is 27.3. The van der Waals surface area contributed by atoms with E-state index in [0.29, 0.717) is 157 Å². The van der Waals surface area contributed by atoms with E-state index in [4.69, 9.17) is 0 Å². The number of nitrogens with zero attached hydrogens (tertiary/aromatic N) is 14. The van der Waals surface area contributed by atoms with Crippen molar-refractivity contribution in [2.75, 3.05) is 0 Å². The number of halogens is 11. The Hall–Kier alpha value is -10.3. The number of hydrogen-bond acceptors (Lipinski definition) is 8. The van der Waals surface area contributed by atoms with Crippen LogP contribution in [0.1, 0.15) is 354 Å². The van der Waals surface area contributed by atoms with E-state index in [0.717, 1.165) is 195 Å². The van der Waals surface area contributed by atoms with Crippen LogP contribution in [-0.2, 0) is 0 Å². The van der Waals surface area contributed by atoms with Gasteiger partial charge < -0.3 is 27.4 Å². The Bertz CT molecular complexity index is 5850. The Balaban J connectivity index is 0.000000104. The number of fused-ring (bicyclic) bond motifs is 18. The summed E-state index contributed by atoms with van der Waals surface area (Å²) in [6.45, 7) is 8.86. The van der Waals surface area contributed by atoms with Crippen molar-refractivity contribution >= 4 is 0 Å². The lowest BCUT2D eigenvalue weighted by atomic mass is 9.70. The van der Waals surface area contributed by atoms with Crippen molar-refractivity contribution in [2.24, 2.45) is 10.8 Å². The Morgan fingerprint density at radius 3 is 0.785 bits per heavy atom. The fourth-order valence-electron chi connectivity index (χ4n) is 24.7. The lowest BCUT2D eigenvalue weighted by molar-refractivity contribution is 0.0429. The topological polar surface area (TPSA) is 133 Å². The molecule has 6 atom stereocenters. The molecule has 6 unspecified atom stereocenters. The van der Waals surface area contributed by atoms with E-state index >= 15 is 8.78 Å². The summed E-state index contributed by atoms with van der Waals surface area (Å²) in [4.78, 5) is 33.8. The SMILES string of the molecule is CC1(C)CCC(F)(CCC2c3c(F)cccc3-c3cncn32)CC1.CC1(C)CCC(F)(CCC2c3c(F)cccc3-c3cncn32)CC1.FC1(CCC2c3ncccc3-c3cncn32)CCCCC1.Fc1ccc2c(n1)C(CCC1(F)CCCCC1)n1cncc1-2.Fc1cccc2c1C(CCC1(F)CCCCC1)n1cncc1-2.Fc1cccc2c1C(CCC1(F)CCCCC1)n1cncc1-2. The van der Waals surface area contributed by atoms with Gasteiger partial charge in [-0.15, -0.1) is 0 Å². The molecule has 0 amide bonds. The summed E-state index contributed by atoms with van der Waals surface area (Å²) < 4.78 is 173. The minimum atomic E-state index is -1.11. The third-order valence-corrected chi connectivity index (χ3v) is 32.8. The van der Waals surface area contributed by atoms with Gasteiger partial charge in [-0.1, -0.05) is 153 Å². The Morgan fingerprint density at radius 1 is 0.259 bits per heavy atom. The number of imidazole rings is 6. The lowest BCUT2D eigenvalue weighted by Crippen LogP contribution is -2.33. The molecule has 14 heterocycles. The van der Waals surface area contributed by atoms with Crippen molar-refractivity contribution in [3.05, 3.63) is 241 Å². The molecule has 8 aromatic heterocycles. The summed E-state index contributed by atoms with van der Waals surface area (Å²) in [6.07, 6.45) is 54.3. The normalized spacial score (nSPS) is 22.9. The van der Waals surface area contributed by atoms with Gasteiger partial charge >= 0.3 is 0 Å². The van der Waals surface area contributed by atoms with Crippen LogP contribution in [0, 0.1) is 40.0 Å². The number of benzene rings is 4. The molecule has 0 spiro atoms. The Labute approximate surface area is 785 Å². The fourth-order valence-corrected chi connectivity index (χ4v) is 24.7. The van der Waals surface area contributed by atoms with Crippen LogP contribution >= 0.6 is 0 Å². The van der Waals surface area contributed by atoms with Gasteiger partial charge in [-0.25, -0.2) is 78.8 Å². The van der Waals surface area contributed by atoms with Crippen molar-refractivity contribution in [3.63, 3.8) is 0 Å². The van der Waals surface area contributed by atoms with Crippen molar-refractivity contribution in [1.82, 2.24) is 67.3 Å². The van der Waals surface area contributed by atoms with E-state index < -0.39 is 40.0 Å². The highest BCUT2D eigenvalue weighted by Gasteiger charge is 2.46. The van der Waals surface area contributed by atoms with Gasteiger partial charge in [0.1, 0.15) is 57.3 Å². The van der Waals surface area contributed by atoms with Crippen LogP contribution in [-0.4, -0.2) is 101 Å². The molecule has 714 valence electrons. The third-order valence-electron chi connectivity index (χ3n) is 32.8. The average Bonchev–Trinajstić information content (AvgIpc) is 1.59. The maximum atomic E-state index is 15.2. The zero-order valence-electron chi connectivity index (χ0n) is 78.4. The summed E-state index contributed by atoms with van der Waals surface area (Å²) in [5.74, 6) is -1.25. The van der Waals surface area contributed by atoms with Gasteiger partial charge in [0.25, 0.3) is 0 Å². The molecule has 14 nitrogen and oxygen atoms in total. The van der Waals surface area contributed by atoms with E-state index in [1.165, 1.54) is 36.8 Å². The van der Waals surface area contributed by atoms with Gasteiger partial charge in [0.05, 0.1) is 157 Å².